The standard InChI is InChI=1S/C28H18Br2INO3S/c29-23-12-18(13-24(30)26(23)35-16-17-8-10-21(31)11-9-17)14-25-27(33)32(28(34)36-25)15-20-6-3-5-19-4-1-2-7-22(19)20/h1-14H,15-16H2/b25-14+. The second-order valence-electron chi connectivity index (χ2n) is 8.13. The lowest BCUT2D eigenvalue weighted by atomic mass is 10.0. The molecule has 8 heteroatoms. The number of nitrogens with zero attached hydrogens (tertiary/aromatic N) is 1. The Kier molecular flexibility index (Phi) is 7.85. The number of hydrogen-bond acceptors (Lipinski definition) is 4. The maximum Gasteiger partial charge on any atom is 0.293 e. The Morgan fingerprint density at radius 2 is 1.61 bits per heavy atom. The first-order valence-corrected chi connectivity index (χ1v) is 14.5. The zero-order chi connectivity index (χ0) is 25.2. The van der Waals surface area contributed by atoms with Gasteiger partial charge in [0.05, 0.1) is 20.4 Å². The van der Waals surface area contributed by atoms with Crippen LogP contribution >= 0.6 is 66.2 Å². The molecule has 4 aromatic carbocycles. The van der Waals surface area contributed by atoms with E-state index in [-0.39, 0.29) is 17.7 Å². The lowest BCUT2D eigenvalue weighted by molar-refractivity contribution is -0.123. The summed E-state index contributed by atoms with van der Waals surface area (Å²) in [4.78, 5) is 27.6. The maximum absolute atomic E-state index is 13.1. The van der Waals surface area contributed by atoms with Crippen molar-refractivity contribution in [1.82, 2.24) is 4.90 Å². The predicted molar refractivity (Wildman–Crippen MR) is 161 cm³/mol. The third-order valence-electron chi connectivity index (χ3n) is 5.70. The fourth-order valence-corrected chi connectivity index (χ4v) is 6.57. The number of fused-ring (bicyclic) bond motifs is 1. The molecule has 0 N–H and O–H groups in total. The topological polar surface area (TPSA) is 46.6 Å². The molecule has 0 saturated carbocycles. The molecule has 1 saturated heterocycles. The van der Waals surface area contributed by atoms with E-state index in [0.717, 1.165) is 48.2 Å². The molecule has 180 valence electrons. The Bertz CT molecular complexity index is 1490. The van der Waals surface area contributed by atoms with Crippen LogP contribution in [0, 0.1) is 3.57 Å². The van der Waals surface area contributed by atoms with Crippen LogP contribution in [0.5, 0.6) is 5.75 Å². The first kappa shape index (κ1) is 25.5. The number of amides is 2. The Hall–Kier alpha value is -2.14. The second kappa shape index (κ2) is 11.1. The number of benzene rings is 4. The van der Waals surface area contributed by atoms with Gasteiger partial charge in [0, 0.05) is 3.57 Å². The molecule has 0 aromatic heterocycles. The van der Waals surface area contributed by atoms with Gasteiger partial charge >= 0.3 is 0 Å². The molecule has 36 heavy (non-hydrogen) atoms. The van der Waals surface area contributed by atoms with E-state index in [0.29, 0.717) is 17.3 Å². The van der Waals surface area contributed by atoms with Crippen molar-refractivity contribution in [3.63, 3.8) is 0 Å². The number of imide groups is 1. The number of thioether (sulfide) groups is 1. The number of rotatable bonds is 6. The zero-order valence-corrected chi connectivity index (χ0v) is 24.9. The van der Waals surface area contributed by atoms with Gasteiger partial charge in [0.1, 0.15) is 12.4 Å². The largest absolute Gasteiger partial charge is 0.487 e. The van der Waals surface area contributed by atoms with Crippen LogP contribution in [-0.2, 0) is 17.9 Å². The summed E-state index contributed by atoms with van der Waals surface area (Å²) in [5.41, 5.74) is 2.79. The lowest BCUT2D eigenvalue weighted by Crippen LogP contribution is -2.27. The molecule has 2 amide bonds. The van der Waals surface area contributed by atoms with E-state index in [1.807, 2.05) is 78.9 Å². The number of hydrogen-bond donors (Lipinski definition) is 0. The van der Waals surface area contributed by atoms with Crippen molar-refractivity contribution >= 4 is 94.2 Å². The fourth-order valence-electron chi connectivity index (χ4n) is 3.93. The zero-order valence-electron chi connectivity index (χ0n) is 18.7. The maximum atomic E-state index is 13.1. The van der Waals surface area contributed by atoms with E-state index >= 15 is 0 Å². The summed E-state index contributed by atoms with van der Waals surface area (Å²) < 4.78 is 8.70. The van der Waals surface area contributed by atoms with Crippen LogP contribution in [0.1, 0.15) is 16.7 Å². The number of ether oxygens (including phenoxy) is 1. The SMILES string of the molecule is O=C1S/C(=C/c2cc(Br)c(OCc3ccc(I)cc3)c(Br)c2)C(=O)N1Cc1cccc2ccccc12. The van der Waals surface area contributed by atoms with E-state index in [1.165, 1.54) is 8.47 Å². The van der Waals surface area contributed by atoms with E-state index in [1.54, 1.807) is 6.08 Å². The van der Waals surface area contributed by atoms with E-state index < -0.39 is 0 Å². The summed E-state index contributed by atoms with van der Waals surface area (Å²) >= 11 is 10.4. The monoisotopic (exact) mass is 733 g/mol. The average molecular weight is 735 g/mol. The Morgan fingerprint density at radius 3 is 2.36 bits per heavy atom. The summed E-state index contributed by atoms with van der Waals surface area (Å²) in [5.74, 6) is 0.388. The summed E-state index contributed by atoms with van der Waals surface area (Å²) in [5, 5.41) is 1.85. The quantitative estimate of drug-likeness (QED) is 0.147. The van der Waals surface area contributed by atoms with Crippen LogP contribution in [0.4, 0.5) is 4.79 Å². The summed E-state index contributed by atoms with van der Waals surface area (Å²) in [6.45, 7) is 0.669. The highest BCUT2D eigenvalue weighted by atomic mass is 127. The molecule has 1 aliphatic rings. The fraction of sp³-hybridized carbons (Fsp3) is 0.0714. The molecular weight excluding hydrogens is 717 g/mol. The molecule has 4 aromatic rings. The second-order valence-corrected chi connectivity index (χ2v) is 12.1. The Balaban J connectivity index is 1.34. The smallest absolute Gasteiger partial charge is 0.293 e. The van der Waals surface area contributed by atoms with Crippen LogP contribution in [0.25, 0.3) is 16.8 Å². The molecular formula is C28H18Br2INO3S. The molecule has 0 bridgehead atoms. The van der Waals surface area contributed by atoms with Crippen molar-refractivity contribution < 1.29 is 14.3 Å². The van der Waals surface area contributed by atoms with Crippen molar-refractivity contribution in [1.29, 1.82) is 0 Å². The van der Waals surface area contributed by atoms with Gasteiger partial charge in [-0.05, 0) is 124 Å². The third-order valence-corrected chi connectivity index (χ3v) is 8.50. The summed E-state index contributed by atoms with van der Waals surface area (Å²) in [6.07, 6.45) is 1.74. The van der Waals surface area contributed by atoms with Crippen LogP contribution in [-0.4, -0.2) is 16.0 Å². The van der Waals surface area contributed by atoms with Crippen LogP contribution < -0.4 is 4.74 Å². The number of halogens is 3. The summed E-state index contributed by atoms with van der Waals surface area (Å²) in [7, 11) is 0. The highest BCUT2D eigenvalue weighted by Gasteiger charge is 2.35. The Morgan fingerprint density at radius 1 is 0.917 bits per heavy atom. The van der Waals surface area contributed by atoms with Crippen molar-refractivity contribution in [2.24, 2.45) is 0 Å². The molecule has 0 atom stereocenters. The molecule has 5 rings (SSSR count). The van der Waals surface area contributed by atoms with Gasteiger partial charge in [-0.1, -0.05) is 54.6 Å². The van der Waals surface area contributed by atoms with Gasteiger partial charge in [0.25, 0.3) is 11.1 Å². The summed E-state index contributed by atoms with van der Waals surface area (Å²) in [6, 6.07) is 25.8. The van der Waals surface area contributed by atoms with Crippen molar-refractivity contribution in [2.45, 2.75) is 13.2 Å². The molecule has 0 unspecified atom stereocenters. The average Bonchev–Trinajstić information content (AvgIpc) is 3.12. The molecule has 1 fully saturated rings. The van der Waals surface area contributed by atoms with E-state index in [2.05, 4.69) is 54.5 Å². The normalized spacial score (nSPS) is 14.8. The van der Waals surface area contributed by atoms with E-state index in [4.69, 9.17) is 4.74 Å². The van der Waals surface area contributed by atoms with Gasteiger partial charge in [-0.3, -0.25) is 14.5 Å². The van der Waals surface area contributed by atoms with Gasteiger partial charge in [-0.2, -0.15) is 0 Å². The molecule has 0 spiro atoms. The van der Waals surface area contributed by atoms with Crippen LogP contribution in [0.3, 0.4) is 0 Å². The minimum Gasteiger partial charge on any atom is -0.487 e. The van der Waals surface area contributed by atoms with Crippen molar-refractivity contribution in [2.75, 3.05) is 0 Å². The predicted octanol–water partition coefficient (Wildman–Crippen LogP) is 8.78. The third kappa shape index (κ3) is 5.56. The van der Waals surface area contributed by atoms with Gasteiger partial charge < -0.3 is 4.74 Å². The Labute approximate surface area is 243 Å². The lowest BCUT2D eigenvalue weighted by Gasteiger charge is -2.14. The molecule has 0 aliphatic carbocycles. The highest BCUT2D eigenvalue weighted by Crippen LogP contribution is 2.38. The van der Waals surface area contributed by atoms with Gasteiger partial charge in [0.15, 0.2) is 0 Å². The molecule has 1 heterocycles. The molecule has 0 radical (unpaired) electrons. The van der Waals surface area contributed by atoms with E-state index in [9.17, 15) is 9.59 Å². The molecule has 1 aliphatic heterocycles. The first-order chi connectivity index (χ1) is 17.4. The van der Waals surface area contributed by atoms with Crippen LogP contribution in [0.15, 0.2) is 92.7 Å². The highest BCUT2D eigenvalue weighted by molar-refractivity contribution is 14.1. The van der Waals surface area contributed by atoms with Gasteiger partial charge in [-0.15, -0.1) is 0 Å². The first-order valence-electron chi connectivity index (χ1n) is 11.0. The number of carbonyl (C=O) groups excluding carboxylic acids is 2. The van der Waals surface area contributed by atoms with Crippen molar-refractivity contribution in [3.8, 4) is 5.75 Å². The minimum atomic E-state index is -0.288. The van der Waals surface area contributed by atoms with Gasteiger partial charge in [0.2, 0.25) is 0 Å². The van der Waals surface area contributed by atoms with Crippen LogP contribution in [0.2, 0.25) is 0 Å². The van der Waals surface area contributed by atoms with Crippen molar-refractivity contribution in [3.05, 3.63) is 113 Å². The van der Waals surface area contributed by atoms with Gasteiger partial charge in [-0.25, -0.2) is 0 Å². The number of carbonyl (C=O) groups is 2. The minimum absolute atomic E-state index is 0.238. The molecule has 4 nitrogen and oxygen atoms in total.